The summed E-state index contributed by atoms with van der Waals surface area (Å²) >= 11 is 0. The van der Waals surface area contributed by atoms with E-state index in [0.717, 1.165) is 35.2 Å². The van der Waals surface area contributed by atoms with Crippen LogP contribution in [-0.4, -0.2) is 38.2 Å². The highest BCUT2D eigenvalue weighted by Gasteiger charge is 2.27. The summed E-state index contributed by atoms with van der Waals surface area (Å²) in [6.45, 7) is 1.42. The van der Waals surface area contributed by atoms with Gasteiger partial charge in [0.1, 0.15) is 0 Å². The first kappa shape index (κ1) is 14.9. The van der Waals surface area contributed by atoms with Crippen molar-refractivity contribution in [1.29, 1.82) is 0 Å². The van der Waals surface area contributed by atoms with E-state index in [1.165, 1.54) is 0 Å². The maximum Gasteiger partial charge on any atom is 0.227 e. The molecule has 7 nitrogen and oxygen atoms in total. The number of aromatic amines is 1. The van der Waals surface area contributed by atoms with Crippen LogP contribution in [0.1, 0.15) is 18.5 Å². The molecule has 0 spiro atoms. The molecule has 1 unspecified atom stereocenters. The van der Waals surface area contributed by atoms with E-state index in [0.29, 0.717) is 13.0 Å². The number of fused-ring (bicyclic) bond motifs is 1. The number of pyridine rings is 1. The van der Waals surface area contributed by atoms with E-state index in [4.69, 9.17) is 0 Å². The minimum Gasteiger partial charge on any atom is -0.357 e. The van der Waals surface area contributed by atoms with Gasteiger partial charge in [0.2, 0.25) is 5.91 Å². The second kappa shape index (κ2) is 6.09. The second-order valence-corrected chi connectivity index (χ2v) is 6.25. The van der Waals surface area contributed by atoms with Crippen molar-refractivity contribution in [2.45, 2.75) is 25.4 Å². The van der Waals surface area contributed by atoms with E-state index >= 15 is 0 Å². The number of H-pyrrole nitrogens is 1. The Kier molecular flexibility index (Phi) is 3.78. The lowest BCUT2D eigenvalue weighted by Crippen LogP contribution is -2.48. The lowest BCUT2D eigenvalue weighted by atomic mass is 10.0. The molecular formula is C17H20N6O. The molecule has 2 N–H and O–H groups in total. The number of hydrogen-bond acceptors (Lipinski definition) is 4. The number of aromatic nitrogens is 4. The van der Waals surface area contributed by atoms with Crippen molar-refractivity contribution in [2.24, 2.45) is 7.05 Å². The predicted octanol–water partition coefficient (Wildman–Crippen LogP) is 1.58. The standard InChI is InChI=1S/C17H20N6O/c1-22-11-15(9-20-22)23-10-13(2-3-17(23)24)19-8-14-6-12-7-18-5-4-16(12)21-14/h4-7,9,11,13,19,21H,2-3,8,10H2,1H3. The average molecular weight is 324 g/mol. The number of hydrogen-bond donors (Lipinski definition) is 2. The fourth-order valence-corrected chi connectivity index (χ4v) is 3.19. The molecule has 0 aromatic carbocycles. The summed E-state index contributed by atoms with van der Waals surface area (Å²) < 4.78 is 1.72. The third kappa shape index (κ3) is 2.90. The van der Waals surface area contributed by atoms with Gasteiger partial charge in [-0.05, 0) is 18.6 Å². The highest BCUT2D eigenvalue weighted by Crippen LogP contribution is 2.21. The highest BCUT2D eigenvalue weighted by atomic mass is 16.2. The van der Waals surface area contributed by atoms with Crippen LogP contribution in [0.4, 0.5) is 5.69 Å². The van der Waals surface area contributed by atoms with Gasteiger partial charge in [-0.2, -0.15) is 5.10 Å². The van der Waals surface area contributed by atoms with E-state index in [1.807, 2.05) is 30.4 Å². The van der Waals surface area contributed by atoms with Crippen LogP contribution < -0.4 is 10.2 Å². The molecule has 124 valence electrons. The molecular weight excluding hydrogens is 304 g/mol. The summed E-state index contributed by atoms with van der Waals surface area (Å²) in [6.07, 6.45) is 8.68. The number of anilines is 1. The fourth-order valence-electron chi connectivity index (χ4n) is 3.19. The Bertz CT molecular complexity index is 834. The van der Waals surface area contributed by atoms with Gasteiger partial charge in [-0.25, -0.2) is 0 Å². The molecule has 7 heteroatoms. The van der Waals surface area contributed by atoms with Crippen molar-refractivity contribution < 1.29 is 4.79 Å². The number of nitrogens with zero attached hydrogens (tertiary/aromatic N) is 4. The summed E-state index contributed by atoms with van der Waals surface area (Å²) in [5.41, 5.74) is 3.09. The number of rotatable bonds is 4. The molecule has 3 aromatic heterocycles. The van der Waals surface area contributed by atoms with E-state index < -0.39 is 0 Å². The highest BCUT2D eigenvalue weighted by molar-refractivity contribution is 5.94. The molecule has 0 saturated carbocycles. The molecule has 1 aliphatic heterocycles. The zero-order valence-electron chi connectivity index (χ0n) is 13.6. The Hall–Kier alpha value is -2.67. The molecule has 1 atom stereocenters. The zero-order chi connectivity index (χ0) is 16.5. The number of carbonyl (C=O) groups is 1. The van der Waals surface area contributed by atoms with Gasteiger partial charge in [0.25, 0.3) is 0 Å². The lowest BCUT2D eigenvalue weighted by Gasteiger charge is -2.32. The van der Waals surface area contributed by atoms with Crippen LogP contribution in [0.15, 0.2) is 36.9 Å². The van der Waals surface area contributed by atoms with Gasteiger partial charge in [-0.1, -0.05) is 0 Å². The van der Waals surface area contributed by atoms with Crippen LogP contribution in [0.2, 0.25) is 0 Å². The first-order valence-corrected chi connectivity index (χ1v) is 8.13. The molecule has 0 aliphatic carbocycles. The van der Waals surface area contributed by atoms with E-state index in [-0.39, 0.29) is 11.9 Å². The summed E-state index contributed by atoms with van der Waals surface area (Å²) in [7, 11) is 1.86. The number of aryl methyl sites for hydroxylation is 1. The summed E-state index contributed by atoms with van der Waals surface area (Å²) in [6, 6.07) is 4.36. The van der Waals surface area contributed by atoms with E-state index in [9.17, 15) is 4.79 Å². The molecule has 1 saturated heterocycles. The lowest BCUT2D eigenvalue weighted by molar-refractivity contribution is -0.119. The van der Waals surface area contributed by atoms with Crippen molar-refractivity contribution in [2.75, 3.05) is 11.4 Å². The first-order valence-electron chi connectivity index (χ1n) is 8.13. The van der Waals surface area contributed by atoms with Crippen LogP contribution in [0.5, 0.6) is 0 Å². The SMILES string of the molecule is Cn1cc(N2CC(NCc3cc4cnccc4[nH]3)CCC2=O)cn1. The summed E-state index contributed by atoms with van der Waals surface area (Å²) in [4.78, 5) is 21.5. The van der Waals surface area contributed by atoms with Gasteiger partial charge < -0.3 is 15.2 Å². The minimum absolute atomic E-state index is 0.165. The minimum atomic E-state index is 0.165. The van der Waals surface area contributed by atoms with Crippen LogP contribution in [0.3, 0.4) is 0 Å². The largest absolute Gasteiger partial charge is 0.357 e. The Morgan fingerprint density at radius 2 is 2.33 bits per heavy atom. The summed E-state index contributed by atoms with van der Waals surface area (Å²) in [5.74, 6) is 0.165. The van der Waals surface area contributed by atoms with E-state index in [2.05, 4.69) is 26.4 Å². The number of carbonyl (C=O) groups excluding carboxylic acids is 1. The van der Waals surface area contributed by atoms with E-state index in [1.54, 1.807) is 17.1 Å². The predicted molar refractivity (Wildman–Crippen MR) is 91.5 cm³/mol. The van der Waals surface area contributed by atoms with Gasteiger partial charge in [0.05, 0.1) is 11.9 Å². The van der Waals surface area contributed by atoms with Gasteiger partial charge in [-0.15, -0.1) is 0 Å². The Balaban J connectivity index is 1.42. The average Bonchev–Trinajstić information content (AvgIpc) is 3.19. The van der Waals surface area contributed by atoms with Crippen molar-refractivity contribution in [1.82, 2.24) is 25.1 Å². The van der Waals surface area contributed by atoms with Gasteiger partial charge in [0, 0.05) is 67.8 Å². The molecule has 4 heterocycles. The molecule has 4 rings (SSSR count). The van der Waals surface area contributed by atoms with Gasteiger partial charge in [0.15, 0.2) is 0 Å². The molecule has 1 fully saturated rings. The zero-order valence-corrected chi connectivity index (χ0v) is 13.6. The number of amides is 1. The van der Waals surface area contributed by atoms with Crippen LogP contribution in [0, 0.1) is 0 Å². The fraction of sp³-hybridized carbons (Fsp3) is 0.353. The molecule has 24 heavy (non-hydrogen) atoms. The quantitative estimate of drug-likeness (QED) is 0.764. The van der Waals surface area contributed by atoms with Crippen molar-refractivity contribution in [3.63, 3.8) is 0 Å². The van der Waals surface area contributed by atoms with Gasteiger partial charge >= 0.3 is 0 Å². The smallest absolute Gasteiger partial charge is 0.227 e. The van der Waals surface area contributed by atoms with Crippen molar-refractivity contribution >= 4 is 22.5 Å². The third-order valence-electron chi connectivity index (χ3n) is 4.47. The Morgan fingerprint density at radius 3 is 3.12 bits per heavy atom. The van der Waals surface area contributed by atoms with Crippen LogP contribution in [0.25, 0.3) is 10.9 Å². The maximum absolute atomic E-state index is 12.2. The van der Waals surface area contributed by atoms with Crippen molar-refractivity contribution in [3.05, 3.63) is 42.6 Å². The van der Waals surface area contributed by atoms with Crippen LogP contribution in [-0.2, 0) is 18.4 Å². The number of nitrogens with one attached hydrogen (secondary N) is 2. The molecule has 0 radical (unpaired) electrons. The summed E-state index contributed by atoms with van der Waals surface area (Å²) in [5, 5.41) is 8.83. The molecule has 3 aromatic rings. The van der Waals surface area contributed by atoms with Gasteiger partial charge in [-0.3, -0.25) is 14.5 Å². The second-order valence-electron chi connectivity index (χ2n) is 6.25. The maximum atomic E-state index is 12.2. The Morgan fingerprint density at radius 1 is 1.42 bits per heavy atom. The molecule has 1 amide bonds. The normalized spacial score (nSPS) is 18.5. The third-order valence-corrected chi connectivity index (χ3v) is 4.47. The molecule has 1 aliphatic rings. The van der Waals surface area contributed by atoms with Crippen molar-refractivity contribution in [3.8, 4) is 0 Å². The number of piperidine rings is 1. The first-order chi connectivity index (χ1) is 11.7. The topological polar surface area (TPSA) is 78.8 Å². The molecule has 0 bridgehead atoms. The monoisotopic (exact) mass is 324 g/mol. The Labute approximate surface area is 139 Å². The van der Waals surface area contributed by atoms with Crippen LogP contribution >= 0.6 is 0 Å².